The predicted molar refractivity (Wildman–Crippen MR) is 126 cm³/mol. The zero-order valence-corrected chi connectivity index (χ0v) is 19.1. The van der Waals surface area contributed by atoms with Gasteiger partial charge in [-0.15, -0.1) is 0 Å². The molecule has 2 heterocycles. The van der Waals surface area contributed by atoms with E-state index in [9.17, 15) is 9.18 Å². The lowest BCUT2D eigenvalue weighted by Crippen LogP contribution is -2.27. The lowest BCUT2D eigenvalue weighted by Gasteiger charge is -2.11. The second-order valence-electron chi connectivity index (χ2n) is 6.51. The van der Waals surface area contributed by atoms with Gasteiger partial charge in [0, 0.05) is 28.0 Å². The van der Waals surface area contributed by atoms with Gasteiger partial charge in [-0.05, 0) is 37.3 Å². The Bertz CT molecular complexity index is 1200. The molecule has 4 nitrogen and oxygen atoms in total. The van der Waals surface area contributed by atoms with Gasteiger partial charge >= 0.3 is 0 Å². The van der Waals surface area contributed by atoms with Gasteiger partial charge in [0.15, 0.2) is 0 Å². The van der Waals surface area contributed by atoms with Crippen LogP contribution in [0.1, 0.15) is 18.2 Å². The third-order valence-corrected chi connectivity index (χ3v) is 6.44. The van der Waals surface area contributed by atoms with E-state index < -0.39 is 0 Å². The summed E-state index contributed by atoms with van der Waals surface area (Å²) in [6, 6.07) is 14.2. The molecule has 0 aliphatic carbocycles. The summed E-state index contributed by atoms with van der Waals surface area (Å²) < 4.78 is 21.4. The molecule has 1 saturated heterocycles. The Hall–Kier alpha value is -2.29. The predicted octanol–water partition coefficient (Wildman–Crippen LogP) is 5.94. The maximum Gasteiger partial charge on any atom is 0.266 e. The van der Waals surface area contributed by atoms with Crippen molar-refractivity contribution in [2.24, 2.45) is 0 Å². The number of hydrogen-bond donors (Lipinski definition) is 0. The average Bonchev–Trinajstić information content (AvgIpc) is 2.99. The standard InChI is InChI=1S/C22H16BrFN2O2S2/c1-2-26-21(27)20(30-22(26)29)11-15-10-19(16-5-3-4-6-18(16)25-15)28-12-13-7-8-14(23)9-17(13)24/h3-11H,2,12H2,1H3/b20-11+. The molecule has 1 fully saturated rings. The van der Waals surface area contributed by atoms with Crippen molar-refractivity contribution >= 4 is 67.1 Å². The van der Waals surface area contributed by atoms with Gasteiger partial charge in [-0.25, -0.2) is 9.37 Å². The summed E-state index contributed by atoms with van der Waals surface area (Å²) in [5, 5.41) is 0.813. The molecular weight excluding hydrogens is 487 g/mol. The van der Waals surface area contributed by atoms with Gasteiger partial charge < -0.3 is 4.74 Å². The number of aromatic nitrogens is 1. The van der Waals surface area contributed by atoms with Crippen LogP contribution < -0.4 is 4.74 Å². The number of carbonyl (C=O) groups is 1. The Balaban J connectivity index is 1.69. The Morgan fingerprint density at radius 2 is 2.07 bits per heavy atom. The quantitative estimate of drug-likeness (QED) is 0.319. The summed E-state index contributed by atoms with van der Waals surface area (Å²) in [7, 11) is 0. The molecule has 0 atom stereocenters. The van der Waals surface area contributed by atoms with Crippen LogP contribution in [0.5, 0.6) is 5.75 Å². The molecule has 3 aromatic rings. The molecule has 2 aromatic carbocycles. The Morgan fingerprint density at radius 1 is 1.27 bits per heavy atom. The first-order valence-corrected chi connectivity index (χ1v) is 11.2. The number of hydrogen-bond acceptors (Lipinski definition) is 5. The molecular formula is C22H16BrFN2O2S2. The number of carbonyl (C=O) groups excluding carboxylic acids is 1. The van der Waals surface area contributed by atoms with Crippen molar-refractivity contribution in [3.63, 3.8) is 0 Å². The van der Waals surface area contributed by atoms with Crippen LogP contribution in [0.15, 0.2) is 57.9 Å². The van der Waals surface area contributed by atoms with Crippen molar-refractivity contribution < 1.29 is 13.9 Å². The summed E-state index contributed by atoms with van der Waals surface area (Å²) in [4.78, 5) is 19.2. The van der Waals surface area contributed by atoms with Crippen LogP contribution in [0.25, 0.3) is 17.0 Å². The highest BCUT2D eigenvalue weighted by Crippen LogP contribution is 2.34. The van der Waals surface area contributed by atoms with E-state index >= 15 is 0 Å². The summed E-state index contributed by atoms with van der Waals surface area (Å²) in [6.07, 6.45) is 1.72. The molecule has 8 heteroatoms. The van der Waals surface area contributed by atoms with Crippen molar-refractivity contribution in [1.82, 2.24) is 9.88 Å². The molecule has 1 aliphatic heterocycles. The first-order valence-electron chi connectivity index (χ1n) is 9.18. The Kier molecular flexibility index (Phi) is 6.17. The first kappa shape index (κ1) is 21.0. The molecule has 0 spiro atoms. The molecule has 0 radical (unpaired) electrons. The van der Waals surface area contributed by atoms with Crippen LogP contribution in [0, 0.1) is 5.82 Å². The maximum absolute atomic E-state index is 14.2. The normalized spacial score (nSPS) is 15.4. The number of fused-ring (bicyclic) bond motifs is 1. The number of benzene rings is 2. The van der Waals surface area contributed by atoms with Gasteiger partial charge in [0.2, 0.25) is 0 Å². The van der Waals surface area contributed by atoms with E-state index in [-0.39, 0.29) is 18.3 Å². The zero-order valence-electron chi connectivity index (χ0n) is 15.9. The van der Waals surface area contributed by atoms with Crippen LogP contribution in [-0.2, 0) is 11.4 Å². The van der Waals surface area contributed by atoms with Crippen molar-refractivity contribution in [3.8, 4) is 5.75 Å². The fraction of sp³-hybridized carbons (Fsp3) is 0.136. The minimum absolute atomic E-state index is 0.0739. The van der Waals surface area contributed by atoms with E-state index in [1.54, 1.807) is 29.2 Å². The Morgan fingerprint density at radius 3 is 2.80 bits per heavy atom. The largest absolute Gasteiger partial charge is 0.488 e. The highest BCUT2D eigenvalue weighted by molar-refractivity contribution is 9.10. The highest BCUT2D eigenvalue weighted by atomic mass is 79.9. The van der Waals surface area contributed by atoms with Crippen LogP contribution in [0.2, 0.25) is 0 Å². The summed E-state index contributed by atoms with van der Waals surface area (Å²) >= 11 is 9.79. The minimum atomic E-state index is -0.341. The topological polar surface area (TPSA) is 42.4 Å². The van der Waals surface area contributed by atoms with E-state index in [4.69, 9.17) is 17.0 Å². The molecule has 0 unspecified atom stereocenters. The molecule has 1 amide bonds. The van der Waals surface area contributed by atoms with Gasteiger partial charge in [0.25, 0.3) is 5.91 Å². The summed E-state index contributed by atoms with van der Waals surface area (Å²) in [5.41, 5.74) is 1.75. The molecule has 30 heavy (non-hydrogen) atoms. The van der Waals surface area contributed by atoms with Crippen molar-refractivity contribution in [1.29, 1.82) is 0 Å². The number of ether oxygens (including phenoxy) is 1. The lowest BCUT2D eigenvalue weighted by atomic mass is 10.1. The molecule has 152 valence electrons. The van der Waals surface area contributed by atoms with E-state index in [0.29, 0.717) is 37.3 Å². The number of rotatable bonds is 5. The number of halogens is 2. The number of para-hydroxylation sites is 1. The second-order valence-corrected chi connectivity index (χ2v) is 9.10. The average molecular weight is 503 g/mol. The second kappa shape index (κ2) is 8.83. The number of amides is 1. The monoisotopic (exact) mass is 502 g/mol. The van der Waals surface area contributed by atoms with Crippen LogP contribution in [-0.4, -0.2) is 26.7 Å². The number of thioether (sulfide) groups is 1. The van der Waals surface area contributed by atoms with Crippen LogP contribution >= 0.6 is 39.9 Å². The molecule has 4 rings (SSSR count). The number of thiocarbonyl (C=S) groups is 1. The molecule has 0 N–H and O–H groups in total. The molecule has 1 aliphatic rings. The van der Waals surface area contributed by atoms with Crippen molar-refractivity contribution in [2.45, 2.75) is 13.5 Å². The van der Waals surface area contributed by atoms with E-state index in [0.717, 1.165) is 10.9 Å². The molecule has 0 saturated carbocycles. The maximum atomic E-state index is 14.2. The van der Waals surface area contributed by atoms with Crippen LogP contribution in [0.4, 0.5) is 4.39 Å². The van der Waals surface area contributed by atoms with Gasteiger partial charge in [0.05, 0.1) is 16.1 Å². The van der Waals surface area contributed by atoms with E-state index in [1.165, 1.54) is 17.8 Å². The minimum Gasteiger partial charge on any atom is -0.488 e. The van der Waals surface area contributed by atoms with Gasteiger partial charge in [-0.2, -0.15) is 0 Å². The van der Waals surface area contributed by atoms with Crippen molar-refractivity contribution in [3.05, 3.63) is 75.0 Å². The summed E-state index contributed by atoms with van der Waals surface area (Å²) in [5.74, 6) is 0.105. The fourth-order valence-electron chi connectivity index (χ4n) is 3.06. The van der Waals surface area contributed by atoms with E-state index in [1.807, 2.05) is 31.2 Å². The van der Waals surface area contributed by atoms with E-state index in [2.05, 4.69) is 20.9 Å². The number of nitrogens with zero attached hydrogens (tertiary/aromatic N) is 2. The van der Waals surface area contributed by atoms with Gasteiger partial charge in [0.1, 0.15) is 22.5 Å². The zero-order chi connectivity index (χ0) is 21.3. The van der Waals surface area contributed by atoms with Gasteiger partial charge in [-0.1, -0.05) is 58.1 Å². The molecule has 0 bridgehead atoms. The van der Waals surface area contributed by atoms with Crippen molar-refractivity contribution in [2.75, 3.05) is 6.54 Å². The third kappa shape index (κ3) is 4.26. The lowest BCUT2D eigenvalue weighted by molar-refractivity contribution is -0.121. The Labute approximate surface area is 191 Å². The highest BCUT2D eigenvalue weighted by Gasteiger charge is 2.30. The molecule has 1 aromatic heterocycles. The summed E-state index contributed by atoms with van der Waals surface area (Å²) in [6.45, 7) is 2.49. The van der Waals surface area contributed by atoms with Gasteiger partial charge in [-0.3, -0.25) is 9.69 Å². The number of likely N-dealkylation sites (N-methyl/N-ethyl adjacent to an activating group) is 1. The fourth-order valence-corrected chi connectivity index (χ4v) is 4.76. The number of pyridine rings is 1. The SMILES string of the molecule is CCN1C(=O)/C(=C\c2cc(OCc3ccc(Br)cc3F)c3ccccc3n2)SC1=S. The first-order chi connectivity index (χ1) is 14.5. The van der Waals surface area contributed by atoms with Crippen LogP contribution in [0.3, 0.4) is 0 Å². The third-order valence-electron chi connectivity index (χ3n) is 4.57. The smallest absolute Gasteiger partial charge is 0.266 e.